The van der Waals surface area contributed by atoms with Gasteiger partial charge in [-0.25, -0.2) is 0 Å². The maximum Gasteiger partial charge on any atom is 0.263 e. The first-order chi connectivity index (χ1) is 10.2. The Morgan fingerprint density at radius 2 is 2.43 bits per heavy atom. The quantitative estimate of drug-likeness (QED) is 0.647. The van der Waals surface area contributed by atoms with E-state index in [9.17, 15) is 4.79 Å². The largest absolute Gasteiger partial charge is 0.376 e. The maximum absolute atomic E-state index is 11.9. The number of nitrogens with one attached hydrogen (secondary N) is 2. The minimum atomic E-state index is -0.414. The molecule has 1 aromatic carbocycles. The fourth-order valence-corrected chi connectivity index (χ4v) is 2.18. The predicted molar refractivity (Wildman–Crippen MR) is 80.8 cm³/mol. The van der Waals surface area contributed by atoms with E-state index in [2.05, 4.69) is 10.6 Å². The molecule has 6 heteroatoms. The summed E-state index contributed by atoms with van der Waals surface area (Å²) in [6.45, 7) is 1.16. The number of anilines is 1. The molecule has 1 fully saturated rings. The monoisotopic (exact) mass is 305 g/mol. The van der Waals surface area contributed by atoms with Gasteiger partial charge in [-0.3, -0.25) is 4.79 Å². The van der Waals surface area contributed by atoms with Crippen molar-refractivity contribution >= 4 is 23.2 Å². The van der Waals surface area contributed by atoms with Crippen LogP contribution in [-0.2, 0) is 9.53 Å². The molecule has 1 aromatic rings. The highest BCUT2D eigenvalue weighted by Crippen LogP contribution is 2.15. The Hall–Kier alpha value is -2.03. The zero-order valence-corrected chi connectivity index (χ0v) is 12.2. The number of carbonyl (C=O) groups excluding carboxylic acids is 1. The first kappa shape index (κ1) is 15.4. The SMILES string of the molecule is N#C/C(=C/Nc1cccc(Cl)c1)C(=O)NCC1CCCO1. The second-order valence-corrected chi connectivity index (χ2v) is 5.11. The van der Waals surface area contributed by atoms with Gasteiger partial charge in [0.15, 0.2) is 0 Å². The summed E-state index contributed by atoms with van der Waals surface area (Å²) in [5, 5.41) is 15.2. The maximum atomic E-state index is 11.9. The zero-order chi connectivity index (χ0) is 15.1. The first-order valence-electron chi connectivity index (χ1n) is 6.71. The Morgan fingerprint density at radius 1 is 1.57 bits per heavy atom. The van der Waals surface area contributed by atoms with Gasteiger partial charge < -0.3 is 15.4 Å². The van der Waals surface area contributed by atoms with E-state index < -0.39 is 5.91 Å². The van der Waals surface area contributed by atoms with Crippen LogP contribution in [0.4, 0.5) is 5.69 Å². The van der Waals surface area contributed by atoms with Crippen LogP contribution in [0.2, 0.25) is 5.02 Å². The minimum absolute atomic E-state index is 0.00738. The molecule has 0 spiro atoms. The number of rotatable bonds is 5. The van der Waals surface area contributed by atoms with Crippen molar-refractivity contribution in [2.24, 2.45) is 0 Å². The van der Waals surface area contributed by atoms with Crippen LogP contribution in [0.1, 0.15) is 12.8 Å². The van der Waals surface area contributed by atoms with Crippen molar-refractivity contribution < 1.29 is 9.53 Å². The number of carbonyl (C=O) groups is 1. The number of nitrogens with zero attached hydrogens (tertiary/aromatic N) is 1. The fourth-order valence-electron chi connectivity index (χ4n) is 1.99. The lowest BCUT2D eigenvalue weighted by atomic mass is 10.2. The summed E-state index contributed by atoms with van der Waals surface area (Å²) in [4.78, 5) is 11.9. The summed E-state index contributed by atoms with van der Waals surface area (Å²) in [7, 11) is 0. The lowest BCUT2D eigenvalue weighted by Gasteiger charge is -2.10. The van der Waals surface area contributed by atoms with E-state index >= 15 is 0 Å². The van der Waals surface area contributed by atoms with E-state index in [0.29, 0.717) is 17.3 Å². The van der Waals surface area contributed by atoms with Crippen molar-refractivity contribution in [1.29, 1.82) is 5.26 Å². The van der Waals surface area contributed by atoms with Gasteiger partial charge in [-0.1, -0.05) is 17.7 Å². The molecule has 110 valence electrons. The summed E-state index contributed by atoms with van der Waals surface area (Å²) in [6.07, 6.45) is 3.37. The second-order valence-electron chi connectivity index (χ2n) is 4.67. The standard InChI is InChI=1S/C15H16ClN3O2/c16-12-3-1-4-13(7-12)18-9-11(8-17)15(20)19-10-14-5-2-6-21-14/h1,3-4,7,9,14,18H,2,5-6,10H2,(H,19,20)/b11-9-. The third-order valence-corrected chi connectivity index (χ3v) is 3.32. The topological polar surface area (TPSA) is 74.2 Å². The van der Waals surface area contributed by atoms with Crippen LogP contribution in [-0.4, -0.2) is 25.2 Å². The van der Waals surface area contributed by atoms with E-state index in [1.807, 2.05) is 6.07 Å². The smallest absolute Gasteiger partial charge is 0.263 e. The Bertz CT molecular complexity index is 575. The van der Waals surface area contributed by atoms with Crippen molar-refractivity contribution in [2.45, 2.75) is 18.9 Å². The van der Waals surface area contributed by atoms with E-state index in [4.69, 9.17) is 21.6 Å². The minimum Gasteiger partial charge on any atom is -0.376 e. The van der Waals surface area contributed by atoms with Gasteiger partial charge in [0.25, 0.3) is 5.91 Å². The van der Waals surface area contributed by atoms with Gasteiger partial charge in [-0.2, -0.15) is 5.26 Å². The summed E-state index contributed by atoms with van der Waals surface area (Å²) in [5.41, 5.74) is 0.718. The average molecular weight is 306 g/mol. The van der Waals surface area contributed by atoms with Crippen LogP contribution in [0.3, 0.4) is 0 Å². The zero-order valence-electron chi connectivity index (χ0n) is 11.4. The van der Waals surface area contributed by atoms with Crippen molar-refractivity contribution in [1.82, 2.24) is 5.32 Å². The van der Waals surface area contributed by atoms with Crippen molar-refractivity contribution in [3.8, 4) is 6.07 Å². The number of benzene rings is 1. The van der Waals surface area contributed by atoms with Gasteiger partial charge in [0.05, 0.1) is 6.10 Å². The molecule has 1 aliphatic rings. The van der Waals surface area contributed by atoms with E-state index in [0.717, 1.165) is 19.4 Å². The van der Waals surface area contributed by atoms with E-state index in [-0.39, 0.29) is 11.7 Å². The van der Waals surface area contributed by atoms with Crippen LogP contribution in [0.25, 0.3) is 0 Å². The number of amides is 1. The molecule has 1 heterocycles. The van der Waals surface area contributed by atoms with E-state index in [1.54, 1.807) is 24.3 Å². The molecule has 0 aliphatic carbocycles. The molecule has 21 heavy (non-hydrogen) atoms. The fraction of sp³-hybridized carbons (Fsp3) is 0.333. The highest BCUT2D eigenvalue weighted by Gasteiger charge is 2.17. The molecule has 0 aromatic heterocycles. The lowest BCUT2D eigenvalue weighted by molar-refractivity contribution is -0.117. The van der Waals surface area contributed by atoms with Gasteiger partial charge in [-0.15, -0.1) is 0 Å². The van der Waals surface area contributed by atoms with Crippen LogP contribution >= 0.6 is 11.6 Å². The predicted octanol–water partition coefficient (Wildman–Crippen LogP) is 2.45. The molecule has 1 saturated heterocycles. The molecular formula is C15H16ClN3O2. The van der Waals surface area contributed by atoms with Crippen molar-refractivity contribution in [2.75, 3.05) is 18.5 Å². The molecule has 1 amide bonds. The summed E-state index contributed by atoms with van der Waals surface area (Å²) in [6, 6.07) is 8.90. The third kappa shape index (κ3) is 4.78. The Morgan fingerprint density at radius 3 is 3.10 bits per heavy atom. The average Bonchev–Trinajstić information content (AvgIpc) is 2.99. The third-order valence-electron chi connectivity index (χ3n) is 3.09. The number of nitriles is 1. The molecule has 1 atom stereocenters. The molecule has 2 N–H and O–H groups in total. The van der Waals surface area contributed by atoms with Crippen LogP contribution in [0.5, 0.6) is 0 Å². The lowest BCUT2D eigenvalue weighted by Crippen LogP contribution is -2.32. The molecule has 0 saturated carbocycles. The number of ether oxygens (including phenoxy) is 1. The molecule has 5 nitrogen and oxygen atoms in total. The van der Waals surface area contributed by atoms with Crippen LogP contribution in [0, 0.1) is 11.3 Å². The van der Waals surface area contributed by atoms with Gasteiger partial charge in [-0.05, 0) is 31.0 Å². The summed E-state index contributed by atoms with van der Waals surface area (Å²) < 4.78 is 5.41. The number of hydrogen-bond acceptors (Lipinski definition) is 4. The van der Waals surface area contributed by atoms with E-state index in [1.165, 1.54) is 6.20 Å². The highest BCUT2D eigenvalue weighted by atomic mass is 35.5. The molecule has 0 radical (unpaired) electrons. The number of halogens is 1. The molecule has 2 rings (SSSR count). The summed E-state index contributed by atoms with van der Waals surface area (Å²) in [5.74, 6) is -0.414. The van der Waals surface area contributed by atoms with Gasteiger partial charge in [0.1, 0.15) is 11.6 Å². The normalized spacial score (nSPS) is 18.1. The molecule has 1 unspecified atom stereocenters. The molecular weight excluding hydrogens is 290 g/mol. The first-order valence-corrected chi connectivity index (χ1v) is 7.09. The molecule has 1 aliphatic heterocycles. The number of hydrogen-bond donors (Lipinski definition) is 2. The Kier molecular flexibility index (Phi) is 5.61. The van der Waals surface area contributed by atoms with Crippen LogP contribution < -0.4 is 10.6 Å². The summed E-state index contributed by atoms with van der Waals surface area (Å²) >= 11 is 5.86. The highest BCUT2D eigenvalue weighted by molar-refractivity contribution is 6.30. The van der Waals surface area contributed by atoms with Crippen LogP contribution in [0.15, 0.2) is 36.0 Å². The van der Waals surface area contributed by atoms with Crippen molar-refractivity contribution in [3.63, 3.8) is 0 Å². The Balaban J connectivity index is 1.90. The van der Waals surface area contributed by atoms with Gasteiger partial charge >= 0.3 is 0 Å². The van der Waals surface area contributed by atoms with Crippen molar-refractivity contribution in [3.05, 3.63) is 41.1 Å². The second kappa shape index (κ2) is 7.67. The van der Waals surface area contributed by atoms with Gasteiger partial charge in [0.2, 0.25) is 0 Å². The molecule has 0 bridgehead atoms. The van der Waals surface area contributed by atoms with Gasteiger partial charge in [0, 0.05) is 30.1 Å². The Labute approximate surface area is 128 Å².